The number of H-pyrrole nitrogens is 1. The summed E-state index contributed by atoms with van der Waals surface area (Å²) in [5, 5.41) is 10.1. The van der Waals surface area contributed by atoms with E-state index in [4.69, 9.17) is 0 Å². The molecule has 4 nitrogen and oxygen atoms in total. The largest absolute Gasteiger partial charge is 0.358 e. The molecule has 1 aromatic carbocycles. The number of aromatic nitrogens is 1. The summed E-state index contributed by atoms with van der Waals surface area (Å²) in [5.41, 5.74) is 1.92. The molecule has 1 N–H and O–H groups in total. The van der Waals surface area contributed by atoms with Crippen LogP contribution in [-0.2, 0) is 0 Å². The van der Waals surface area contributed by atoms with Crippen molar-refractivity contribution in [2.24, 2.45) is 5.92 Å². The van der Waals surface area contributed by atoms with Crippen molar-refractivity contribution in [3.63, 3.8) is 0 Å². The Bertz CT molecular complexity index is 959. The number of ketones is 2. The number of carbonyl (C=O) groups excluding carboxylic acids is 2. The zero-order valence-corrected chi connectivity index (χ0v) is 13.5. The molecule has 0 aliphatic carbocycles. The standard InChI is InChI=1S/C18H14N2O2S/c1-10-7-8-15(23-10)17(21)13(9-19)18(22)16-11(2)20-14-6-4-3-5-12(14)16/h3-8,13,20H,1-2H3/t13-/m1/s1. The van der Waals surface area contributed by atoms with Crippen LogP contribution < -0.4 is 0 Å². The van der Waals surface area contributed by atoms with Gasteiger partial charge in [-0.1, -0.05) is 18.2 Å². The highest BCUT2D eigenvalue weighted by Crippen LogP contribution is 2.27. The third kappa shape index (κ3) is 2.58. The molecule has 3 aromatic rings. The van der Waals surface area contributed by atoms with Crippen LogP contribution in [0.25, 0.3) is 10.9 Å². The number of fused-ring (bicyclic) bond motifs is 1. The van der Waals surface area contributed by atoms with Crippen LogP contribution in [0.2, 0.25) is 0 Å². The molecule has 23 heavy (non-hydrogen) atoms. The molecule has 1 atom stereocenters. The third-order valence-electron chi connectivity index (χ3n) is 3.78. The molecule has 0 spiro atoms. The van der Waals surface area contributed by atoms with E-state index in [1.54, 1.807) is 13.0 Å². The van der Waals surface area contributed by atoms with Crippen LogP contribution in [0.15, 0.2) is 36.4 Å². The number of nitrogens with one attached hydrogen (secondary N) is 1. The fourth-order valence-electron chi connectivity index (χ4n) is 2.68. The van der Waals surface area contributed by atoms with E-state index in [0.29, 0.717) is 16.1 Å². The lowest BCUT2D eigenvalue weighted by Gasteiger charge is -2.06. The molecule has 0 amide bonds. The molecule has 114 valence electrons. The van der Waals surface area contributed by atoms with Crippen LogP contribution in [0.3, 0.4) is 0 Å². The van der Waals surface area contributed by atoms with E-state index in [1.165, 1.54) is 11.3 Å². The Balaban J connectivity index is 2.05. The quantitative estimate of drug-likeness (QED) is 0.581. The maximum Gasteiger partial charge on any atom is 0.197 e. The van der Waals surface area contributed by atoms with Crippen molar-refractivity contribution in [2.45, 2.75) is 13.8 Å². The minimum atomic E-state index is -1.31. The second kappa shape index (κ2) is 5.82. The van der Waals surface area contributed by atoms with Crippen LogP contribution in [0.4, 0.5) is 0 Å². The Morgan fingerprint density at radius 2 is 1.87 bits per heavy atom. The highest BCUT2D eigenvalue weighted by atomic mass is 32.1. The molecular formula is C18H14N2O2S. The van der Waals surface area contributed by atoms with Crippen LogP contribution in [-0.4, -0.2) is 16.6 Å². The molecule has 0 bridgehead atoms. The molecule has 2 heterocycles. The van der Waals surface area contributed by atoms with Gasteiger partial charge in [-0.3, -0.25) is 9.59 Å². The molecular weight excluding hydrogens is 308 g/mol. The minimum absolute atomic E-state index is 0.425. The van der Waals surface area contributed by atoms with Gasteiger partial charge in [-0.05, 0) is 32.0 Å². The first-order valence-corrected chi connectivity index (χ1v) is 7.96. The number of nitrogens with zero attached hydrogens (tertiary/aromatic N) is 1. The number of nitriles is 1. The Kier molecular flexibility index (Phi) is 3.85. The van der Waals surface area contributed by atoms with Crippen LogP contribution in [0, 0.1) is 31.1 Å². The molecule has 0 unspecified atom stereocenters. The van der Waals surface area contributed by atoms with Crippen LogP contribution >= 0.6 is 11.3 Å². The maximum absolute atomic E-state index is 12.8. The molecule has 2 aromatic heterocycles. The summed E-state index contributed by atoms with van der Waals surface area (Å²) in [6, 6.07) is 12.8. The van der Waals surface area contributed by atoms with Gasteiger partial charge in [0.1, 0.15) is 0 Å². The molecule has 0 fully saturated rings. The first-order chi connectivity index (χ1) is 11.0. The molecule has 0 saturated carbocycles. The van der Waals surface area contributed by atoms with E-state index < -0.39 is 17.5 Å². The number of Topliss-reactive ketones (excluding diaryl/α,β-unsaturated/α-hetero) is 2. The number of hydrogen-bond acceptors (Lipinski definition) is 4. The number of thiophene rings is 1. The van der Waals surface area contributed by atoms with Crippen molar-refractivity contribution < 1.29 is 9.59 Å². The summed E-state index contributed by atoms with van der Waals surface area (Å²) in [6.45, 7) is 3.66. The number of aromatic amines is 1. The summed E-state index contributed by atoms with van der Waals surface area (Å²) >= 11 is 1.30. The first-order valence-electron chi connectivity index (χ1n) is 7.14. The third-order valence-corrected chi connectivity index (χ3v) is 4.79. The van der Waals surface area contributed by atoms with Gasteiger partial charge in [0.2, 0.25) is 0 Å². The average Bonchev–Trinajstić information content (AvgIpc) is 3.10. The molecule has 0 saturated heterocycles. The lowest BCUT2D eigenvalue weighted by molar-refractivity contribution is 0.0849. The highest BCUT2D eigenvalue weighted by molar-refractivity contribution is 7.14. The van der Waals surface area contributed by atoms with Gasteiger partial charge in [-0.25, -0.2) is 0 Å². The summed E-state index contributed by atoms with van der Waals surface area (Å²) in [4.78, 5) is 29.9. The van der Waals surface area contributed by atoms with E-state index in [0.717, 1.165) is 15.8 Å². The fourth-order valence-corrected chi connectivity index (χ4v) is 3.52. The van der Waals surface area contributed by atoms with E-state index in [-0.39, 0.29) is 0 Å². The highest BCUT2D eigenvalue weighted by Gasteiger charge is 2.31. The lowest BCUT2D eigenvalue weighted by atomic mass is 9.92. The van der Waals surface area contributed by atoms with Gasteiger partial charge >= 0.3 is 0 Å². The van der Waals surface area contributed by atoms with Crippen LogP contribution in [0.1, 0.15) is 30.6 Å². The maximum atomic E-state index is 12.8. The number of rotatable bonds is 4. The molecule has 0 aliphatic heterocycles. The minimum Gasteiger partial charge on any atom is -0.358 e. The average molecular weight is 322 g/mol. The van der Waals surface area contributed by atoms with Gasteiger partial charge < -0.3 is 4.98 Å². The normalized spacial score (nSPS) is 12.0. The second-order valence-electron chi connectivity index (χ2n) is 5.37. The van der Waals surface area contributed by atoms with Crippen molar-refractivity contribution in [2.75, 3.05) is 0 Å². The van der Waals surface area contributed by atoms with Gasteiger partial charge in [-0.15, -0.1) is 11.3 Å². The van der Waals surface area contributed by atoms with Gasteiger partial charge in [0.25, 0.3) is 0 Å². The predicted octanol–water partition coefficient (Wildman–Crippen LogP) is 4.05. The fraction of sp³-hybridized carbons (Fsp3) is 0.167. The first kappa shape index (κ1) is 15.2. The van der Waals surface area contributed by atoms with E-state index >= 15 is 0 Å². The summed E-state index contributed by atoms with van der Waals surface area (Å²) in [7, 11) is 0. The van der Waals surface area contributed by atoms with Crippen molar-refractivity contribution in [1.29, 1.82) is 5.26 Å². The number of hydrogen-bond donors (Lipinski definition) is 1. The molecule has 0 aliphatic rings. The summed E-state index contributed by atoms with van der Waals surface area (Å²) in [5.74, 6) is -2.19. The number of aryl methyl sites for hydroxylation is 2. The summed E-state index contributed by atoms with van der Waals surface area (Å²) in [6.07, 6.45) is 0. The Morgan fingerprint density at radius 1 is 1.13 bits per heavy atom. The zero-order chi connectivity index (χ0) is 16.6. The lowest BCUT2D eigenvalue weighted by Crippen LogP contribution is -2.22. The molecule has 5 heteroatoms. The van der Waals surface area contributed by atoms with E-state index in [2.05, 4.69) is 4.98 Å². The van der Waals surface area contributed by atoms with Gasteiger partial charge in [0, 0.05) is 27.0 Å². The SMILES string of the molecule is Cc1ccc(C(=O)[C@@H](C#N)C(=O)c2c(C)[nH]c3ccccc23)s1. The smallest absolute Gasteiger partial charge is 0.197 e. The Hall–Kier alpha value is -2.71. The van der Waals surface area contributed by atoms with E-state index in [1.807, 2.05) is 43.3 Å². The zero-order valence-electron chi connectivity index (χ0n) is 12.7. The second-order valence-corrected chi connectivity index (χ2v) is 6.66. The van der Waals surface area contributed by atoms with Gasteiger partial charge in [0.05, 0.1) is 10.9 Å². The van der Waals surface area contributed by atoms with Crippen molar-refractivity contribution in [3.8, 4) is 6.07 Å². The van der Waals surface area contributed by atoms with Crippen molar-refractivity contribution >= 4 is 33.8 Å². The van der Waals surface area contributed by atoms with E-state index in [9.17, 15) is 14.9 Å². The number of benzene rings is 1. The summed E-state index contributed by atoms with van der Waals surface area (Å²) < 4.78 is 0. The molecule has 0 radical (unpaired) electrons. The number of carbonyl (C=O) groups is 2. The van der Waals surface area contributed by atoms with Crippen molar-refractivity contribution in [3.05, 3.63) is 57.4 Å². The van der Waals surface area contributed by atoms with Gasteiger partial charge in [0.15, 0.2) is 17.5 Å². The topological polar surface area (TPSA) is 73.7 Å². The Morgan fingerprint density at radius 3 is 2.52 bits per heavy atom. The number of para-hydroxylation sites is 1. The monoisotopic (exact) mass is 322 g/mol. The Labute approximate surface area is 137 Å². The van der Waals surface area contributed by atoms with Crippen molar-refractivity contribution in [1.82, 2.24) is 4.98 Å². The van der Waals surface area contributed by atoms with Gasteiger partial charge in [-0.2, -0.15) is 5.26 Å². The van der Waals surface area contributed by atoms with Crippen LogP contribution in [0.5, 0.6) is 0 Å². The predicted molar refractivity (Wildman–Crippen MR) is 89.9 cm³/mol. The molecule has 3 rings (SSSR count).